The first-order chi connectivity index (χ1) is 9.08. The second kappa shape index (κ2) is 5.94. The molecule has 2 atom stereocenters. The highest BCUT2D eigenvalue weighted by molar-refractivity contribution is 5.80. The molecule has 1 aliphatic heterocycles. The Bertz CT molecular complexity index is 450. The summed E-state index contributed by atoms with van der Waals surface area (Å²) in [5.74, 6) is 3.29. The first kappa shape index (κ1) is 13.7. The molecule has 0 spiro atoms. The van der Waals surface area contributed by atoms with E-state index in [1.807, 2.05) is 5.43 Å². The average molecular weight is 272 g/mol. The Morgan fingerprint density at radius 2 is 2.05 bits per heavy atom. The zero-order valence-electron chi connectivity index (χ0n) is 10.1. The fourth-order valence-corrected chi connectivity index (χ4v) is 1.92. The SMILES string of the molecule is NNC(=O)C1CCC(COc2cc(F)cc(F)c2)O1. The Hall–Kier alpha value is -1.73. The molecule has 104 valence electrons. The van der Waals surface area contributed by atoms with Crippen LogP contribution in [0.15, 0.2) is 18.2 Å². The molecule has 1 amide bonds. The molecule has 1 aliphatic rings. The normalized spacial score (nSPS) is 22.3. The summed E-state index contributed by atoms with van der Waals surface area (Å²) in [5, 5.41) is 0. The van der Waals surface area contributed by atoms with E-state index in [2.05, 4.69) is 0 Å². The van der Waals surface area contributed by atoms with Crippen molar-refractivity contribution in [2.45, 2.75) is 25.0 Å². The number of carbonyl (C=O) groups is 1. The molecule has 0 aromatic heterocycles. The molecule has 7 heteroatoms. The molecule has 1 aromatic carbocycles. The van der Waals surface area contributed by atoms with E-state index in [1.54, 1.807) is 0 Å². The predicted octanol–water partition coefficient (Wildman–Crippen LogP) is 0.881. The van der Waals surface area contributed by atoms with Crippen LogP contribution < -0.4 is 16.0 Å². The predicted molar refractivity (Wildman–Crippen MR) is 62.1 cm³/mol. The number of rotatable bonds is 4. The average Bonchev–Trinajstić information content (AvgIpc) is 2.83. The Kier molecular flexibility index (Phi) is 4.28. The van der Waals surface area contributed by atoms with Gasteiger partial charge in [-0.1, -0.05) is 0 Å². The van der Waals surface area contributed by atoms with Gasteiger partial charge in [-0.3, -0.25) is 10.2 Å². The third-order valence-electron chi connectivity index (χ3n) is 2.81. The molecular formula is C12H14F2N2O3. The zero-order chi connectivity index (χ0) is 13.8. The third kappa shape index (κ3) is 3.62. The smallest absolute Gasteiger partial charge is 0.263 e. The van der Waals surface area contributed by atoms with Gasteiger partial charge in [0.05, 0.1) is 6.10 Å². The summed E-state index contributed by atoms with van der Waals surface area (Å²) in [7, 11) is 0. The van der Waals surface area contributed by atoms with E-state index in [4.69, 9.17) is 15.3 Å². The van der Waals surface area contributed by atoms with Gasteiger partial charge in [-0.2, -0.15) is 0 Å². The van der Waals surface area contributed by atoms with Crippen molar-refractivity contribution in [2.24, 2.45) is 5.84 Å². The number of hydrazine groups is 1. The number of benzene rings is 1. The number of hydrogen-bond donors (Lipinski definition) is 2. The molecule has 1 heterocycles. The van der Waals surface area contributed by atoms with Crippen LogP contribution in [0.5, 0.6) is 5.75 Å². The number of ether oxygens (including phenoxy) is 2. The summed E-state index contributed by atoms with van der Waals surface area (Å²) >= 11 is 0. The van der Waals surface area contributed by atoms with Crippen molar-refractivity contribution >= 4 is 5.91 Å². The van der Waals surface area contributed by atoms with Crippen LogP contribution in [0.3, 0.4) is 0 Å². The minimum Gasteiger partial charge on any atom is -0.491 e. The number of hydrogen-bond acceptors (Lipinski definition) is 4. The van der Waals surface area contributed by atoms with Gasteiger partial charge in [0.2, 0.25) is 0 Å². The fraction of sp³-hybridized carbons (Fsp3) is 0.417. The van der Waals surface area contributed by atoms with Gasteiger partial charge in [-0.05, 0) is 12.8 Å². The number of nitrogens with two attached hydrogens (primary N) is 1. The van der Waals surface area contributed by atoms with E-state index in [1.165, 1.54) is 0 Å². The minimum atomic E-state index is -0.706. The van der Waals surface area contributed by atoms with Gasteiger partial charge in [0.1, 0.15) is 30.1 Å². The topological polar surface area (TPSA) is 73.6 Å². The van der Waals surface area contributed by atoms with Gasteiger partial charge in [0.25, 0.3) is 5.91 Å². The van der Waals surface area contributed by atoms with Gasteiger partial charge >= 0.3 is 0 Å². The van der Waals surface area contributed by atoms with E-state index >= 15 is 0 Å². The maximum Gasteiger partial charge on any atom is 0.263 e. The molecule has 0 bridgehead atoms. The Labute approximate surface area is 108 Å². The molecule has 19 heavy (non-hydrogen) atoms. The molecule has 0 radical (unpaired) electrons. The van der Waals surface area contributed by atoms with Crippen molar-refractivity contribution in [3.8, 4) is 5.75 Å². The highest BCUT2D eigenvalue weighted by Gasteiger charge is 2.30. The lowest BCUT2D eigenvalue weighted by molar-refractivity contribution is -0.132. The monoisotopic (exact) mass is 272 g/mol. The van der Waals surface area contributed by atoms with Crippen LogP contribution in [-0.2, 0) is 9.53 Å². The van der Waals surface area contributed by atoms with Gasteiger partial charge in [0.15, 0.2) is 0 Å². The van der Waals surface area contributed by atoms with Gasteiger partial charge < -0.3 is 9.47 Å². The van der Waals surface area contributed by atoms with Gasteiger partial charge in [-0.15, -0.1) is 0 Å². The Balaban J connectivity index is 1.85. The van der Waals surface area contributed by atoms with E-state index in [-0.39, 0.29) is 24.4 Å². The molecule has 5 nitrogen and oxygen atoms in total. The van der Waals surface area contributed by atoms with Crippen LogP contribution in [-0.4, -0.2) is 24.7 Å². The summed E-state index contributed by atoms with van der Waals surface area (Å²) in [6.45, 7) is 0.122. The maximum absolute atomic E-state index is 12.9. The molecule has 1 saturated heterocycles. The molecule has 1 aromatic rings. The van der Waals surface area contributed by atoms with Crippen LogP contribution in [0.1, 0.15) is 12.8 Å². The van der Waals surface area contributed by atoms with Crippen LogP contribution in [0.25, 0.3) is 0 Å². The van der Waals surface area contributed by atoms with E-state index < -0.39 is 17.7 Å². The van der Waals surface area contributed by atoms with Crippen LogP contribution >= 0.6 is 0 Å². The van der Waals surface area contributed by atoms with E-state index in [0.717, 1.165) is 18.2 Å². The van der Waals surface area contributed by atoms with Crippen molar-refractivity contribution in [2.75, 3.05) is 6.61 Å². The summed E-state index contributed by atoms with van der Waals surface area (Å²) in [6.07, 6.45) is 0.265. The van der Waals surface area contributed by atoms with Crippen molar-refractivity contribution in [1.82, 2.24) is 5.43 Å². The van der Waals surface area contributed by atoms with E-state index in [0.29, 0.717) is 12.8 Å². The summed E-state index contributed by atoms with van der Waals surface area (Å²) in [6, 6.07) is 2.94. The Morgan fingerprint density at radius 1 is 1.37 bits per heavy atom. The fourth-order valence-electron chi connectivity index (χ4n) is 1.92. The molecular weight excluding hydrogens is 258 g/mol. The van der Waals surface area contributed by atoms with Crippen molar-refractivity contribution in [1.29, 1.82) is 0 Å². The van der Waals surface area contributed by atoms with E-state index in [9.17, 15) is 13.6 Å². The molecule has 0 aliphatic carbocycles. The number of halogens is 2. The molecule has 0 saturated carbocycles. The van der Waals surface area contributed by atoms with Crippen LogP contribution in [0, 0.1) is 11.6 Å². The van der Waals surface area contributed by atoms with Crippen LogP contribution in [0.2, 0.25) is 0 Å². The lowest BCUT2D eigenvalue weighted by Crippen LogP contribution is -2.39. The molecule has 3 N–H and O–H groups in total. The number of nitrogens with one attached hydrogen (secondary N) is 1. The number of amides is 1. The summed E-state index contributed by atoms with van der Waals surface area (Å²) in [4.78, 5) is 11.2. The van der Waals surface area contributed by atoms with Crippen molar-refractivity contribution in [3.63, 3.8) is 0 Å². The first-order valence-electron chi connectivity index (χ1n) is 5.83. The highest BCUT2D eigenvalue weighted by Crippen LogP contribution is 2.22. The second-order valence-corrected chi connectivity index (χ2v) is 4.25. The second-order valence-electron chi connectivity index (χ2n) is 4.25. The standard InChI is InChI=1S/C12H14F2N2O3/c13-7-3-8(14)5-10(4-7)18-6-9-1-2-11(19-9)12(17)16-15/h3-5,9,11H,1-2,6,15H2,(H,16,17). The lowest BCUT2D eigenvalue weighted by atomic mass is 10.2. The van der Waals surface area contributed by atoms with Gasteiger partial charge in [0, 0.05) is 18.2 Å². The minimum absolute atomic E-state index is 0.0906. The molecule has 2 unspecified atom stereocenters. The summed E-state index contributed by atoms with van der Waals surface area (Å²) < 4.78 is 36.5. The molecule has 2 rings (SSSR count). The van der Waals surface area contributed by atoms with Crippen molar-refractivity contribution < 1.29 is 23.0 Å². The van der Waals surface area contributed by atoms with Gasteiger partial charge in [-0.25, -0.2) is 14.6 Å². The highest BCUT2D eigenvalue weighted by atomic mass is 19.1. The third-order valence-corrected chi connectivity index (χ3v) is 2.81. The Morgan fingerprint density at radius 3 is 2.68 bits per heavy atom. The van der Waals surface area contributed by atoms with Crippen LogP contribution in [0.4, 0.5) is 8.78 Å². The number of carbonyl (C=O) groups excluding carboxylic acids is 1. The van der Waals surface area contributed by atoms with Crippen molar-refractivity contribution in [3.05, 3.63) is 29.8 Å². The molecule has 1 fully saturated rings. The lowest BCUT2D eigenvalue weighted by Gasteiger charge is -2.13. The maximum atomic E-state index is 12.9. The quantitative estimate of drug-likeness (QED) is 0.485. The summed E-state index contributed by atoms with van der Waals surface area (Å²) in [5.41, 5.74) is 2.01. The first-order valence-corrected chi connectivity index (χ1v) is 5.83. The largest absolute Gasteiger partial charge is 0.491 e. The zero-order valence-corrected chi connectivity index (χ0v) is 10.1.